The Hall–Kier alpha value is -0.590. The Labute approximate surface area is 113 Å². The SMILES string of the molecule is Cn1cnc(S(=O)(=O)N2CCCC(CCCl)C2)c1. The molecule has 0 N–H and O–H groups in total. The van der Waals surface area contributed by atoms with Gasteiger partial charge >= 0.3 is 0 Å². The summed E-state index contributed by atoms with van der Waals surface area (Å²) in [6.07, 6.45) is 5.87. The molecule has 1 saturated heterocycles. The van der Waals surface area contributed by atoms with Gasteiger partial charge in [-0.25, -0.2) is 13.4 Å². The summed E-state index contributed by atoms with van der Waals surface area (Å²) in [5.74, 6) is 0.956. The normalized spacial score (nSPS) is 22.2. The van der Waals surface area contributed by atoms with Crippen molar-refractivity contribution in [2.45, 2.75) is 24.3 Å². The molecule has 2 heterocycles. The van der Waals surface area contributed by atoms with Crippen LogP contribution in [0, 0.1) is 5.92 Å². The number of sulfonamides is 1. The van der Waals surface area contributed by atoms with E-state index in [-0.39, 0.29) is 5.03 Å². The van der Waals surface area contributed by atoms with Crippen LogP contribution >= 0.6 is 11.6 Å². The zero-order chi connectivity index (χ0) is 13.2. The van der Waals surface area contributed by atoms with E-state index in [9.17, 15) is 8.42 Å². The monoisotopic (exact) mass is 291 g/mol. The highest BCUT2D eigenvalue weighted by Gasteiger charge is 2.31. The van der Waals surface area contributed by atoms with Gasteiger partial charge in [0.05, 0.1) is 6.33 Å². The molecule has 0 saturated carbocycles. The molecule has 5 nitrogen and oxygen atoms in total. The van der Waals surface area contributed by atoms with Crippen LogP contribution in [0.1, 0.15) is 19.3 Å². The molecular weight excluding hydrogens is 274 g/mol. The van der Waals surface area contributed by atoms with Gasteiger partial charge in [-0.2, -0.15) is 4.31 Å². The fraction of sp³-hybridized carbons (Fsp3) is 0.727. The summed E-state index contributed by atoms with van der Waals surface area (Å²) in [7, 11) is -1.67. The predicted octanol–water partition coefficient (Wildman–Crippen LogP) is 1.45. The van der Waals surface area contributed by atoms with Crippen LogP contribution < -0.4 is 0 Å². The quantitative estimate of drug-likeness (QED) is 0.789. The summed E-state index contributed by atoms with van der Waals surface area (Å²) in [6, 6.07) is 0. The first kappa shape index (κ1) is 13.8. The Morgan fingerprint density at radius 3 is 2.94 bits per heavy atom. The second kappa shape index (κ2) is 5.59. The highest BCUT2D eigenvalue weighted by molar-refractivity contribution is 7.89. The van der Waals surface area contributed by atoms with Crippen LogP contribution in [0.4, 0.5) is 0 Å². The van der Waals surface area contributed by atoms with Crippen LogP contribution in [-0.2, 0) is 17.1 Å². The average molecular weight is 292 g/mol. The van der Waals surface area contributed by atoms with E-state index >= 15 is 0 Å². The molecule has 18 heavy (non-hydrogen) atoms. The van der Waals surface area contributed by atoms with Crippen molar-refractivity contribution in [3.63, 3.8) is 0 Å². The van der Waals surface area contributed by atoms with Crippen LogP contribution in [0.3, 0.4) is 0 Å². The van der Waals surface area contributed by atoms with Crippen molar-refractivity contribution < 1.29 is 8.42 Å². The van der Waals surface area contributed by atoms with Crippen LogP contribution in [0.2, 0.25) is 0 Å². The molecule has 1 aromatic heterocycles. The summed E-state index contributed by atoms with van der Waals surface area (Å²) in [4.78, 5) is 3.94. The lowest BCUT2D eigenvalue weighted by atomic mass is 9.97. The van der Waals surface area contributed by atoms with E-state index < -0.39 is 10.0 Å². The smallest absolute Gasteiger partial charge is 0.262 e. The second-order valence-electron chi connectivity index (χ2n) is 4.73. The van der Waals surface area contributed by atoms with Crippen LogP contribution in [0.5, 0.6) is 0 Å². The molecule has 1 aromatic rings. The zero-order valence-electron chi connectivity index (χ0n) is 10.4. The van der Waals surface area contributed by atoms with Gasteiger partial charge < -0.3 is 4.57 Å². The Bertz CT molecular complexity index is 498. The number of hydrogen-bond donors (Lipinski definition) is 0. The lowest BCUT2D eigenvalue weighted by Crippen LogP contribution is -2.40. The number of aromatic nitrogens is 2. The standard InChI is InChI=1S/C11H18ClN3O2S/c1-14-8-11(13-9-14)18(16,17)15-6-2-3-10(7-15)4-5-12/h8-10H,2-7H2,1H3. The van der Waals surface area contributed by atoms with E-state index in [1.54, 1.807) is 17.8 Å². The van der Waals surface area contributed by atoms with Gasteiger partial charge in [0, 0.05) is 32.2 Å². The van der Waals surface area contributed by atoms with Gasteiger partial charge in [0.2, 0.25) is 0 Å². The first-order chi connectivity index (χ1) is 8.54. The van der Waals surface area contributed by atoms with Gasteiger partial charge in [-0.15, -0.1) is 11.6 Å². The molecule has 7 heteroatoms. The van der Waals surface area contributed by atoms with Crippen molar-refractivity contribution in [2.24, 2.45) is 13.0 Å². The summed E-state index contributed by atoms with van der Waals surface area (Å²) < 4.78 is 27.9. The van der Waals surface area contributed by atoms with Gasteiger partial charge in [0.15, 0.2) is 5.03 Å². The molecule has 2 rings (SSSR count). The third kappa shape index (κ3) is 2.87. The maximum atomic E-state index is 12.4. The summed E-state index contributed by atoms with van der Waals surface area (Å²) >= 11 is 5.73. The fourth-order valence-electron chi connectivity index (χ4n) is 2.29. The number of piperidine rings is 1. The molecule has 0 aromatic carbocycles. The number of nitrogens with zero attached hydrogens (tertiary/aromatic N) is 3. The molecule has 0 radical (unpaired) electrons. The Kier molecular flexibility index (Phi) is 4.29. The Balaban J connectivity index is 2.15. The summed E-state index contributed by atoms with van der Waals surface area (Å²) in [5.41, 5.74) is 0. The second-order valence-corrected chi connectivity index (χ2v) is 6.99. The minimum Gasteiger partial charge on any atom is -0.339 e. The maximum absolute atomic E-state index is 12.4. The average Bonchev–Trinajstić information content (AvgIpc) is 2.77. The topological polar surface area (TPSA) is 55.2 Å². The Morgan fingerprint density at radius 2 is 2.33 bits per heavy atom. The molecule has 0 aliphatic carbocycles. The minimum absolute atomic E-state index is 0.136. The molecule has 1 unspecified atom stereocenters. The number of halogens is 1. The van der Waals surface area contributed by atoms with Gasteiger partial charge in [-0.3, -0.25) is 0 Å². The molecule has 0 bridgehead atoms. The van der Waals surface area contributed by atoms with Crippen molar-refractivity contribution in [3.05, 3.63) is 12.5 Å². The highest BCUT2D eigenvalue weighted by atomic mass is 35.5. The van der Waals surface area contributed by atoms with E-state index in [2.05, 4.69) is 4.98 Å². The molecule has 0 amide bonds. The molecule has 1 aliphatic heterocycles. The highest BCUT2D eigenvalue weighted by Crippen LogP contribution is 2.24. The Morgan fingerprint density at radius 1 is 1.56 bits per heavy atom. The number of aryl methyl sites for hydroxylation is 1. The maximum Gasteiger partial charge on any atom is 0.262 e. The fourth-order valence-corrected chi connectivity index (χ4v) is 4.12. The number of alkyl halides is 1. The van der Waals surface area contributed by atoms with Crippen molar-refractivity contribution in [1.82, 2.24) is 13.9 Å². The molecular formula is C11H18ClN3O2S. The number of hydrogen-bond acceptors (Lipinski definition) is 3. The van der Waals surface area contributed by atoms with Crippen LogP contribution in [0.15, 0.2) is 17.6 Å². The molecule has 1 aliphatic rings. The number of imidazole rings is 1. The third-order valence-corrected chi connectivity index (χ3v) is 5.25. The largest absolute Gasteiger partial charge is 0.339 e. The van der Waals surface area contributed by atoms with Gasteiger partial charge in [-0.05, 0) is 25.2 Å². The van der Waals surface area contributed by atoms with Crippen LogP contribution in [0.25, 0.3) is 0 Å². The lowest BCUT2D eigenvalue weighted by Gasteiger charge is -2.31. The first-order valence-corrected chi connectivity index (χ1v) is 8.05. The van der Waals surface area contributed by atoms with Crippen molar-refractivity contribution in [1.29, 1.82) is 0 Å². The van der Waals surface area contributed by atoms with E-state index in [0.29, 0.717) is 24.9 Å². The van der Waals surface area contributed by atoms with Crippen LogP contribution in [-0.4, -0.2) is 41.2 Å². The van der Waals surface area contributed by atoms with E-state index in [1.165, 1.54) is 10.6 Å². The van der Waals surface area contributed by atoms with E-state index in [0.717, 1.165) is 19.3 Å². The lowest BCUT2D eigenvalue weighted by molar-refractivity contribution is 0.262. The minimum atomic E-state index is -3.43. The van der Waals surface area contributed by atoms with Crippen molar-refractivity contribution >= 4 is 21.6 Å². The van der Waals surface area contributed by atoms with Gasteiger partial charge in [0.25, 0.3) is 10.0 Å². The van der Waals surface area contributed by atoms with Crippen molar-refractivity contribution in [3.8, 4) is 0 Å². The first-order valence-electron chi connectivity index (χ1n) is 6.08. The summed E-state index contributed by atoms with van der Waals surface area (Å²) in [5, 5.41) is 0.136. The summed E-state index contributed by atoms with van der Waals surface area (Å²) in [6.45, 7) is 1.14. The van der Waals surface area contributed by atoms with E-state index in [1.807, 2.05) is 0 Å². The third-order valence-electron chi connectivity index (χ3n) is 3.28. The van der Waals surface area contributed by atoms with Gasteiger partial charge in [-0.1, -0.05) is 0 Å². The van der Waals surface area contributed by atoms with Gasteiger partial charge in [0.1, 0.15) is 0 Å². The molecule has 0 spiro atoms. The van der Waals surface area contributed by atoms with E-state index in [4.69, 9.17) is 11.6 Å². The zero-order valence-corrected chi connectivity index (χ0v) is 12.0. The number of rotatable bonds is 4. The molecule has 1 fully saturated rings. The van der Waals surface area contributed by atoms with Crippen molar-refractivity contribution in [2.75, 3.05) is 19.0 Å². The molecule has 1 atom stereocenters. The molecule has 102 valence electrons. The predicted molar refractivity (Wildman–Crippen MR) is 70.0 cm³/mol.